The number of hydrogen-bond acceptors (Lipinski definition) is 2. The van der Waals surface area contributed by atoms with E-state index in [0.717, 1.165) is 11.1 Å². The van der Waals surface area contributed by atoms with Gasteiger partial charge in [0.2, 0.25) is 0 Å². The minimum atomic E-state index is -0.620. The fourth-order valence-electron chi connectivity index (χ4n) is 2.49. The highest BCUT2D eigenvalue weighted by atomic mass is 35.5. The summed E-state index contributed by atoms with van der Waals surface area (Å²) in [5.74, 6) is 0. The molecule has 1 heterocycles. The summed E-state index contributed by atoms with van der Waals surface area (Å²) < 4.78 is 0. The number of benzene rings is 1. The number of hydroxylamine groups is 2. The molecule has 124 valence electrons. The molecule has 2 amide bonds. The van der Waals surface area contributed by atoms with Crippen LogP contribution in [0.1, 0.15) is 19.4 Å². The Labute approximate surface area is 146 Å². The second-order valence-electron chi connectivity index (χ2n) is 5.96. The lowest BCUT2D eigenvalue weighted by Crippen LogP contribution is -2.56. The van der Waals surface area contributed by atoms with E-state index in [1.165, 1.54) is 5.06 Å². The third-order valence-corrected chi connectivity index (χ3v) is 4.22. The van der Waals surface area contributed by atoms with E-state index < -0.39 is 5.54 Å². The van der Waals surface area contributed by atoms with Crippen LogP contribution in [0.2, 0.25) is 10.0 Å². The van der Waals surface area contributed by atoms with Crippen LogP contribution in [0.25, 0.3) is 0 Å². The van der Waals surface area contributed by atoms with E-state index >= 15 is 0 Å². The Balaban J connectivity index is 2.34. The molecule has 1 fully saturated rings. The van der Waals surface area contributed by atoms with E-state index in [0.29, 0.717) is 23.1 Å². The summed E-state index contributed by atoms with van der Waals surface area (Å²) in [6.45, 7) is 12.6. The normalized spacial score (nSPS) is 16.0. The Hall–Kier alpha value is -1.49. The highest BCUT2D eigenvalue weighted by Gasteiger charge is 2.39. The number of amides is 2. The van der Waals surface area contributed by atoms with Gasteiger partial charge < -0.3 is 4.90 Å². The Morgan fingerprint density at radius 1 is 1.26 bits per heavy atom. The summed E-state index contributed by atoms with van der Waals surface area (Å²) in [7, 11) is 0. The van der Waals surface area contributed by atoms with Crippen molar-refractivity contribution in [2.75, 3.05) is 19.7 Å². The number of nitrogens with zero attached hydrogens (tertiary/aromatic N) is 2. The van der Waals surface area contributed by atoms with E-state index in [9.17, 15) is 4.79 Å². The fraction of sp³-hybridized carbons (Fsp3) is 0.353. The number of carbonyl (C=O) groups is 1. The smallest absolute Gasteiger partial charge is 0.310 e. The lowest BCUT2D eigenvalue weighted by Gasteiger charge is -2.45. The summed E-state index contributed by atoms with van der Waals surface area (Å²) in [6.07, 6.45) is 1.59. The molecule has 23 heavy (non-hydrogen) atoms. The quantitative estimate of drug-likeness (QED) is 0.721. The molecule has 1 aromatic rings. The maximum atomic E-state index is 12.8. The third kappa shape index (κ3) is 3.89. The lowest BCUT2D eigenvalue weighted by atomic mass is 9.91. The van der Waals surface area contributed by atoms with Crippen molar-refractivity contribution in [2.24, 2.45) is 0 Å². The van der Waals surface area contributed by atoms with Crippen molar-refractivity contribution >= 4 is 29.2 Å². The molecule has 0 atom stereocenters. The zero-order valence-electron chi connectivity index (χ0n) is 13.3. The molecule has 1 aliphatic rings. The summed E-state index contributed by atoms with van der Waals surface area (Å²) in [5.41, 5.74) is 1.11. The van der Waals surface area contributed by atoms with Crippen molar-refractivity contribution in [1.82, 2.24) is 9.96 Å². The standard InChI is InChI=1S/C17H20Cl2N2O2/c1-5-6-23-21-11-12(2)10-20(16(21)22)17(3,4)13-7-14(18)9-15(19)8-13/h5,7-9H,1-2,6,10-11H2,3-4H3. The molecule has 2 rings (SSSR count). The van der Waals surface area contributed by atoms with Gasteiger partial charge in [-0.1, -0.05) is 35.9 Å². The van der Waals surface area contributed by atoms with Crippen molar-refractivity contribution < 1.29 is 9.63 Å². The van der Waals surface area contributed by atoms with Gasteiger partial charge in [-0.25, -0.2) is 4.79 Å². The number of hydrogen-bond donors (Lipinski definition) is 0. The SMILES string of the molecule is C=CCON1CC(=C)CN(C(C)(C)c2cc(Cl)cc(Cl)c2)C1=O. The van der Waals surface area contributed by atoms with Gasteiger partial charge in [-0.15, -0.1) is 6.58 Å². The highest BCUT2D eigenvalue weighted by Crippen LogP contribution is 2.34. The van der Waals surface area contributed by atoms with Gasteiger partial charge in [0.25, 0.3) is 0 Å². The minimum absolute atomic E-state index is 0.222. The van der Waals surface area contributed by atoms with Crippen LogP contribution in [-0.4, -0.2) is 35.7 Å². The first-order valence-corrected chi connectivity index (χ1v) is 7.97. The van der Waals surface area contributed by atoms with Crippen LogP contribution in [-0.2, 0) is 10.4 Å². The molecule has 0 saturated carbocycles. The first-order chi connectivity index (χ1) is 10.8. The van der Waals surface area contributed by atoms with Gasteiger partial charge in [-0.2, -0.15) is 5.06 Å². The van der Waals surface area contributed by atoms with Crippen LogP contribution in [0.4, 0.5) is 4.79 Å². The van der Waals surface area contributed by atoms with Crippen LogP contribution in [0.3, 0.4) is 0 Å². The molecule has 0 bridgehead atoms. The van der Waals surface area contributed by atoms with Crippen molar-refractivity contribution in [3.05, 3.63) is 58.6 Å². The average Bonchev–Trinajstić information content (AvgIpc) is 2.46. The minimum Gasteiger partial charge on any atom is -0.310 e. The van der Waals surface area contributed by atoms with E-state index in [4.69, 9.17) is 28.0 Å². The molecule has 1 aliphatic heterocycles. The van der Waals surface area contributed by atoms with Gasteiger partial charge in [0, 0.05) is 16.6 Å². The molecule has 6 heteroatoms. The first kappa shape index (κ1) is 17.9. The van der Waals surface area contributed by atoms with E-state index in [1.807, 2.05) is 26.0 Å². The fourth-order valence-corrected chi connectivity index (χ4v) is 3.02. The summed E-state index contributed by atoms with van der Waals surface area (Å²) in [4.78, 5) is 19.9. The summed E-state index contributed by atoms with van der Waals surface area (Å²) in [5, 5.41) is 2.37. The van der Waals surface area contributed by atoms with Crippen molar-refractivity contribution in [3.63, 3.8) is 0 Å². The molecule has 0 spiro atoms. The van der Waals surface area contributed by atoms with Crippen LogP contribution >= 0.6 is 23.2 Å². The molecule has 0 aliphatic carbocycles. The lowest BCUT2D eigenvalue weighted by molar-refractivity contribution is -0.122. The predicted molar refractivity (Wildman–Crippen MR) is 93.6 cm³/mol. The summed E-state index contributed by atoms with van der Waals surface area (Å²) in [6, 6.07) is 5.07. The molecule has 0 unspecified atom stereocenters. The second kappa shape index (κ2) is 6.95. The van der Waals surface area contributed by atoms with E-state index in [2.05, 4.69) is 13.2 Å². The zero-order chi connectivity index (χ0) is 17.2. The van der Waals surface area contributed by atoms with Crippen molar-refractivity contribution in [3.8, 4) is 0 Å². The predicted octanol–water partition coefficient (Wildman–Crippen LogP) is 4.64. The van der Waals surface area contributed by atoms with Gasteiger partial charge in [0.15, 0.2) is 0 Å². The number of halogens is 2. The maximum Gasteiger partial charge on any atom is 0.345 e. The Kier molecular flexibility index (Phi) is 5.40. The third-order valence-electron chi connectivity index (χ3n) is 3.79. The molecular formula is C17H20Cl2N2O2. The Bertz CT molecular complexity index is 623. The number of urea groups is 1. The van der Waals surface area contributed by atoms with Crippen LogP contribution in [0, 0.1) is 0 Å². The van der Waals surface area contributed by atoms with Crippen molar-refractivity contribution in [1.29, 1.82) is 0 Å². The number of carbonyl (C=O) groups excluding carboxylic acids is 1. The largest absolute Gasteiger partial charge is 0.345 e. The molecule has 1 aromatic carbocycles. The van der Waals surface area contributed by atoms with E-state index in [1.54, 1.807) is 17.0 Å². The number of rotatable bonds is 5. The Morgan fingerprint density at radius 3 is 2.43 bits per heavy atom. The zero-order valence-corrected chi connectivity index (χ0v) is 14.8. The summed E-state index contributed by atoms with van der Waals surface area (Å²) >= 11 is 12.2. The van der Waals surface area contributed by atoms with Gasteiger partial charge in [0.1, 0.15) is 0 Å². The molecule has 1 saturated heterocycles. The topological polar surface area (TPSA) is 32.8 Å². The molecule has 4 nitrogen and oxygen atoms in total. The van der Waals surface area contributed by atoms with Crippen LogP contribution in [0.15, 0.2) is 43.0 Å². The van der Waals surface area contributed by atoms with Crippen molar-refractivity contribution in [2.45, 2.75) is 19.4 Å². The van der Waals surface area contributed by atoms with Gasteiger partial charge in [-0.05, 0) is 43.2 Å². The van der Waals surface area contributed by atoms with Gasteiger partial charge >= 0.3 is 6.03 Å². The van der Waals surface area contributed by atoms with Crippen LogP contribution < -0.4 is 0 Å². The second-order valence-corrected chi connectivity index (χ2v) is 6.83. The van der Waals surface area contributed by atoms with E-state index in [-0.39, 0.29) is 12.6 Å². The first-order valence-electron chi connectivity index (χ1n) is 7.22. The monoisotopic (exact) mass is 354 g/mol. The molecular weight excluding hydrogens is 335 g/mol. The Morgan fingerprint density at radius 2 is 1.87 bits per heavy atom. The molecule has 0 radical (unpaired) electrons. The average molecular weight is 355 g/mol. The maximum absolute atomic E-state index is 12.8. The highest BCUT2D eigenvalue weighted by molar-refractivity contribution is 6.34. The molecule has 0 aromatic heterocycles. The van der Waals surface area contributed by atoms with Gasteiger partial charge in [0.05, 0.1) is 18.7 Å². The van der Waals surface area contributed by atoms with Crippen LogP contribution in [0.5, 0.6) is 0 Å². The van der Waals surface area contributed by atoms with Gasteiger partial charge in [-0.3, -0.25) is 4.84 Å². The molecule has 0 N–H and O–H groups in total.